The van der Waals surface area contributed by atoms with Gasteiger partial charge in [-0.15, -0.1) is 0 Å². The van der Waals surface area contributed by atoms with Crippen LogP contribution in [-0.2, 0) is 0 Å². The average Bonchev–Trinajstić information content (AvgIpc) is 2.05. The van der Waals surface area contributed by atoms with E-state index in [-0.39, 0.29) is 51.4 Å². The summed E-state index contributed by atoms with van der Waals surface area (Å²) in [5.74, 6) is 0. The summed E-state index contributed by atoms with van der Waals surface area (Å²) in [5, 5.41) is 2.62. The molecule has 0 heterocycles. The minimum Gasteiger partial charge on any atom is -0.0616 e. The molecule has 48 valence electrons. The van der Waals surface area contributed by atoms with Crippen molar-refractivity contribution in [3.8, 4) is 0 Å². The second-order valence-electron chi connectivity index (χ2n) is 2.35. The molecule has 2 aromatic rings. The maximum absolute atomic E-state index is 2.12. The zero-order valence-corrected chi connectivity index (χ0v) is 9.74. The van der Waals surface area contributed by atoms with Crippen molar-refractivity contribution < 1.29 is 51.4 Å². The zero-order chi connectivity index (χ0) is 6.81. The Labute approximate surface area is 109 Å². The molecule has 0 aromatic heterocycles. The quantitative estimate of drug-likeness (QED) is 0.478. The molecule has 0 nitrogen and oxygen atoms in total. The molecule has 0 atom stereocenters. The van der Waals surface area contributed by atoms with Gasteiger partial charge in [-0.05, 0) is 10.8 Å². The molecule has 0 fully saturated rings. The zero-order valence-electron chi connectivity index (χ0n) is 6.62. The van der Waals surface area contributed by atoms with Crippen molar-refractivity contribution in [2.45, 2.75) is 0 Å². The summed E-state index contributed by atoms with van der Waals surface area (Å²) in [7, 11) is 0. The summed E-state index contributed by atoms with van der Waals surface area (Å²) in [6.07, 6.45) is 0. The molecule has 0 N–H and O–H groups in total. The molecule has 1 heteroatoms. The van der Waals surface area contributed by atoms with Gasteiger partial charge < -0.3 is 0 Å². The van der Waals surface area contributed by atoms with Crippen molar-refractivity contribution in [1.29, 1.82) is 0 Å². The van der Waals surface area contributed by atoms with E-state index in [1.165, 1.54) is 10.8 Å². The van der Waals surface area contributed by atoms with E-state index in [4.69, 9.17) is 0 Å². The fraction of sp³-hybridized carbons (Fsp3) is 0. The van der Waals surface area contributed by atoms with E-state index >= 15 is 0 Å². The Kier molecular flexibility index (Phi) is 3.76. The first-order valence-electron chi connectivity index (χ1n) is 3.40. The molecule has 0 aliphatic heterocycles. The van der Waals surface area contributed by atoms with Gasteiger partial charge in [0.15, 0.2) is 0 Å². The summed E-state index contributed by atoms with van der Waals surface area (Å²) in [4.78, 5) is 0. The number of fused-ring (bicyclic) bond motifs is 1. The summed E-state index contributed by atoms with van der Waals surface area (Å²) in [5.41, 5.74) is 0. The van der Waals surface area contributed by atoms with Gasteiger partial charge in [0.2, 0.25) is 0 Å². The Morgan fingerprint density at radius 3 is 1.09 bits per heavy atom. The molecule has 0 aliphatic carbocycles. The standard InChI is InChI=1S/C10H8.K/c1-2-6-10-8-4-3-7-9(10)5-1;/h1-8H;/q;+1. The van der Waals surface area contributed by atoms with Crippen molar-refractivity contribution in [3.63, 3.8) is 0 Å². The second kappa shape index (κ2) is 4.38. The first-order valence-corrected chi connectivity index (χ1v) is 3.40. The van der Waals surface area contributed by atoms with Crippen LogP contribution in [0.15, 0.2) is 48.5 Å². The summed E-state index contributed by atoms with van der Waals surface area (Å²) in [6, 6.07) is 16.7. The molecule has 11 heavy (non-hydrogen) atoms. The Balaban J connectivity index is 0.000000605. The normalized spacial score (nSPS) is 9.09. The van der Waals surface area contributed by atoms with Crippen molar-refractivity contribution >= 4 is 10.8 Å². The molecule has 0 unspecified atom stereocenters. The van der Waals surface area contributed by atoms with Gasteiger partial charge in [-0.3, -0.25) is 0 Å². The van der Waals surface area contributed by atoms with E-state index in [0.29, 0.717) is 0 Å². The maximum atomic E-state index is 2.12. The van der Waals surface area contributed by atoms with Crippen molar-refractivity contribution in [3.05, 3.63) is 48.5 Å². The Morgan fingerprint density at radius 1 is 0.545 bits per heavy atom. The van der Waals surface area contributed by atoms with Crippen LogP contribution < -0.4 is 51.4 Å². The van der Waals surface area contributed by atoms with Crippen LogP contribution in [0.1, 0.15) is 0 Å². The number of hydrogen-bond donors (Lipinski definition) is 0. The number of benzene rings is 2. The molecule has 0 saturated carbocycles. The summed E-state index contributed by atoms with van der Waals surface area (Å²) < 4.78 is 0. The summed E-state index contributed by atoms with van der Waals surface area (Å²) >= 11 is 0. The Hall–Kier alpha value is 0.336. The SMILES string of the molecule is [K+].c1ccc2ccccc2c1. The molecule has 2 aromatic carbocycles. The fourth-order valence-electron chi connectivity index (χ4n) is 1.13. The van der Waals surface area contributed by atoms with Gasteiger partial charge in [0.05, 0.1) is 0 Å². The van der Waals surface area contributed by atoms with E-state index in [2.05, 4.69) is 48.5 Å². The van der Waals surface area contributed by atoms with Crippen LogP contribution in [0.4, 0.5) is 0 Å². The van der Waals surface area contributed by atoms with Gasteiger partial charge in [0.1, 0.15) is 0 Å². The minimum absolute atomic E-state index is 0. The molecule has 0 amide bonds. The van der Waals surface area contributed by atoms with E-state index in [1.807, 2.05) is 0 Å². The van der Waals surface area contributed by atoms with Crippen LogP contribution in [0.3, 0.4) is 0 Å². The molecule has 2 rings (SSSR count). The van der Waals surface area contributed by atoms with Crippen LogP contribution >= 0.6 is 0 Å². The predicted octanol–water partition coefficient (Wildman–Crippen LogP) is -0.156. The Bertz CT molecular complexity index is 276. The summed E-state index contributed by atoms with van der Waals surface area (Å²) in [6.45, 7) is 0. The largest absolute Gasteiger partial charge is 1.00 e. The maximum Gasteiger partial charge on any atom is 1.00 e. The van der Waals surface area contributed by atoms with E-state index in [0.717, 1.165) is 0 Å². The average molecular weight is 167 g/mol. The predicted molar refractivity (Wildman–Crippen MR) is 43.9 cm³/mol. The van der Waals surface area contributed by atoms with Gasteiger partial charge >= 0.3 is 51.4 Å². The molecule has 0 aliphatic rings. The van der Waals surface area contributed by atoms with Gasteiger partial charge in [0, 0.05) is 0 Å². The molecule has 0 spiro atoms. The number of rotatable bonds is 0. The van der Waals surface area contributed by atoms with Crippen LogP contribution in [0, 0.1) is 0 Å². The van der Waals surface area contributed by atoms with Crippen molar-refractivity contribution in [1.82, 2.24) is 0 Å². The van der Waals surface area contributed by atoms with Crippen LogP contribution in [0.5, 0.6) is 0 Å². The minimum atomic E-state index is 0. The van der Waals surface area contributed by atoms with Gasteiger partial charge in [-0.1, -0.05) is 48.5 Å². The van der Waals surface area contributed by atoms with E-state index in [1.54, 1.807) is 0 Å². The van der Waals surface area contributed by atoms with Crippen molar-refractivity contribution in [2.75, 3.05) is 0 Å². The van der Waals surface area contributed by atoms with Gasteiger partial charge in [-0.25, -0.2) is 0 Å². The topological polar surface area (TPSA) is 0 Å². The fourth-order valence-corrected chi connectivity index (χ4v) is 1.13. The second-order valence-corrected chi connectivity index (χ2v) is 2.35. The Morgan fingerprint density at radius 2 is 0.818 bits per heavy atom. The first-order chi connectivity index (χ1) is 4.97. The molecular weight excluding hydrogens is 159 g/mol. The number of hydrogen-bond acceptors (Lipinski definition) is 0. The molecule has 0 saturated heterocycles. The van der Waals surface area contributed by atoms with Crippen LogP contribution in [0.25, 0.3) is 10.8 Å². The van der Waals surface area contributed by atoms with Gasteiger partial charge in [-0.2, -0.15) is 0 Å². The third-order valence-corrected chi connectivity index (χ3v) is 1.66. The monoisotopic (exact) mass is 167 g/mol. The smallest absolute Gasteiger partial charge is 0.0616 e. The molecular formula is C10H8K+. The van der Waals surface area contributed by atoms with E-state index < -0.39 is 0 Å². The van der Waals surface area contributed by atoms with Crippen LogP contribution in [0.2, 0.25) is 0 Å². The van der Waals surface area contributed by atoms with Crippen LogP contribution in [-0.4, -0.2) is 0 Å². The molecule has 0 bridgehead atoms. The van der Waals surface area contributed by atoms with E-state index in [9.17, 15) is 0 Å². The third-order valence-electron chi connectivity index (χ3n) is 1.66. The first kappa shape index (κ1) is 9.42. The van der Waals surface area contributed by atoms with Gasteiger partial charge in [0.25, 0.3) is 0 Å². The molecule has 0 radical (unpaired) electrons. The van der Waals surface area contributed by atoms with Crippen molar-refractivity contribution in [2.24, 2.45) is 0 Å². The third kappa shape index (κ3) is 2.14.